The number of nitrogens with zero attached hydrogens (tertiary/aromatic N) is 2. The summed E-state index contributed by atoms with van der Waals surface area (Å²) in [7, 11) is 0. The van der Waals surface area contributed by atoms with Gasteiger partial charge in [0.15, 0.2) is 0 Å². The van der Waals surface area contributed by atoms with E-state index in [1.54, 1.807) is 4.90 Å². The summed E-state index contributed by atoms with van der Waals surface area (Å²) in [4.78, 5) is 17.8. The van der Waals surface area contributed by atoms with Crippen molar-refractivity contribution in [3.8, 4) is 0 Å². The van der Waals surface area contributed by atoms with Crippen molar-refractivity contribution >= 4 is 6.03 Å². The highest BCUT2D eigenvalue weighted by molar-refractivity contribution is 5.74. The number of urea groups is 1. The van der Waals surface area contributed by atoms with Crippen LogP contribution in [0.15, 0.2) is 4.42 Å². The molecule has 1 atom stereocenters. The van der Waals surface area contributed by atoms with Crippen LogP contribution in [-0.2, 0) is 6.54 Å². The van der Waals surface area contributed by atoms with Gasteiger partial charge in [0.25, 0.3) is 0 Å². The fraction of sp³-hybridized carbons (Fsp3) is 0.667. The molecule has 1 aromatic rings. The molecular formula is C12H19N3O3. The first kappa shape index (κ1) is 12.9. The van der Waals surface area contributed by atoms with Crippen LogP contribution >= 0.6 is 0 Å². The molecule has 0 spiro atoms. The smallest absolute Gasteiger partial charge is 0.318 e. The van der Waals surface area contributed by atoms with Crippen LogP contribution in [0.5, 0.6) is 0 Å². The minimum absolute atomic E-state index is 0.0185. The molecule has 1 aliphatic rings. The Morgan fingerprint density at radius 1 is 1.61 bits per heavy atom. The molecule has 1 fully saturated rings. The van der Waals surface area contributed by atoms with Gasteiger partial charge in [0.05, 0.1) is 24.9 Å². The molecule has 0 aromatic carbocycles. The molecule has 6 heteroatoms. The number of aliphatic hydroxyl groups is 1. The Hall–Kier alpha value is -1.56. The van der Waals surface area contributed by atoms with Gasteiger partial charge in [0.1, 0.15) is 5.76 Å². The number of amides is 2. The van der Waals surface area contributed by atoms with E-state index < -0.39 is 0 Å². The molecule has 6 nitrogen and oxygen atoms in total. The van der Waals surface area contributed by atoms with Gasteiger partial charge in [-0.1, -0.05) is 0 Å². The minimum Gasteiger partial charge on any atom is -0.444 e. The number of likely N-dealkylation sites (tertiary alicyclic amines) is 1. The van der Waals surface area contributed by atoms with Crippen molar-refractivity contribution in [3.63, 3.8) is 0 Å². The Bertz CT molecular complexity index is 411. The summed E-state index contributed by atoms with van der Waals surface area (Å²) >= 11 is 0. The Labute approximate surface area is 106 Å². The van der Waals surface area contributed by atoms with Gasteiger partial charge in [-0.25, -0.2) is 9.78 Å². The average Bonchev–Trinajstić information content (AvgIpc) is 2.94. The lowest BCUT2D eigenvalue weighted by Crippen LogP contribution is -2.43. The first-order valence-corrected chi connectivity index (χ1v) is 6.20. The highest BCUT2D eigenvalue weighted by atomic mass is 16.4. The Kier molecular flexibility index (Phi) is 3.86. The van der Waals surface area contributed by atoms with Crippen LogP contribution < -0.4 is 5.32 Å². The quantitative estimate of drug-likeness (QED) is 0.841. The molecule has 18 heavy (non-hydrogen) atoms. The van der Waals surface area contributed by atoms with Crippen LogP contribution in [0.3, 0.4) is 0 Å². The number of carbonyl (C=O) groups is 1. The van der Waals surface area contributed by atoms with E-state index in [0.717, 1.165) is 24.3 Å². The molecule has 1 aromatic heterocycles. The highest BCUT2D eigenvalue weighted by Crippen LogP contribution is 2.16. The normalized spacial score (nSPS) is 19.3. The van der Waals surface area contributed by atoms with Crippen LogP contribution in [0.1, 0.15) is 30.2 Å². The number of rotatable bonds is 3. The van der Waals surface area contributed by atoms with Crippen molar-refractivity contribution in [2.75, 3.05) is 13.2 Å². The summed E-state index contributed by atoms with van der Waals surface area (Å²) < 4.78 is 5.39. The topological polar surface area (TPSA) is 78.6 Å². The molecule has 0 radical (unpaired) electrons. The molecular weight excluding hydrogens is 234 g/mol. The summed E-state index contributed by atoms with van der Waals surface area (Å²) in [6.45, 7) is 4.70. The number of aromatic nitrogens is 1. The van der Waals surface area contributed by atoms with E-state index >= 15 is 0 Å². The fourth-order valence-electron chi connectivity index (χ4n) is 2.16. The van der Waals surface area contributed by atoms with Crippen LogP contribution in [0, 0.1) is 13.8 Å². The molecule has 1 unspecified atom stereocenters. The number of oxazole rings is 1. The van der Waals surface area contributed by atoms with Crippen LogP contribution in [0.2, 0.25) is 0 Å². The van der Waals surface area contributed by atoms with Crippen LogP contribution in [0.25, 0.3) is 0 Å². The predicted molar refractivity (Wildman–Crippen MR) is 65.0 cm³/mol. The molecule has 100 valence electrons. The summed E-state index contributed by atoms with van der Waals surface area (Å²) in [5.74, 6) is 1.28. The fourth-order valence-corrected chi connectivity index (χ4v) is 2.16. The minimum atomic E-state index is -0.167. The summed E-state index contributed by atoms with van der Waals surface area (Å²) in [5.41, 5.74) is 0.841. The Morgan fingerprint density at radius 2 is 2.39 bits per heavy atom. The monoisotopic (exact) mass is 253 g/mol. The van der Waals surface area contributed by atoms with E-state index in [-0.39, 0.29) is 25.2 Å². The Morgan fingerprint density at radius 3 is 3.00 bits per heavy atom. The summed E-state index contributed by atoms with van der Waals surface area (Å²) in [6, 6.07) is -0.224. The first-order chi connectivity index (χ1) is 8.61. The lowest BCUT2D eigenvalue weighted by molar-refractivity contribution is 0.156. The SMILES string of the molecule is Cc1nc(CNC(=O)N2CCCC2CO)oc1C. The molecule has 2 rings (SSSR count). The maximum atomic E-state index is 11.9. The van der Waals surface area contributed by atoms with E-state index in [9.17, 15) is 4.79 Å². The summed E-state index contributed by atoms with van der Waals surface area (Å²) in [5, 5.41) is 11.9. The van der Waals surface area contributed by atoms with Crippen molar-refractivity contribution in [3.05, 3.63) is 17.3 Å². The van der Waals surface area contributed by atoms with Gasteiger partial charge < -0.3 is 19.7 Å². The van der Waals surface area contributed by atoms with Gasteiger partial charge in [0.2, 0.25) is 5.89 Å². The Balaban J connectivity index is 1.88. The second-order valence-corrected chi connectivity index (χ2v) is 4.58. The van der Waals surface area contributed by atoms with Gasteiger partial charge >= 0.3 is 6.03 Å². The van der Waals surface area contributed by atoms with E-state index in [0.29, 0.717) is 12.4 Å². The van der Waals surface area contributed by atoms with Gasteiger partial charge in [-0.2, -0.15) is 0 Å². The lowest BCUT2D eigenvalue weighted by Gasteiger charge is -2.22. The number of aliphatic hydroxyl groups excluding tert-OH is 1. The third kappa shape index (κ3) is 2.64. The van der Waals surface area contributed by atoms with Crippen LogP contribution in [0.4, 0.5) is 4.79 Å². The maximum absolute atomic E-state index is 11.9. The highest BCUT2D eigenvalue weighted by Gasteiger charge is 2.27. The second-order valence-electron chi connectivity index (χ2n) is 4.58. The van der Waals surface area contributed by atoms with E-state index in [1.165, 1.54) is 0 Å². The van der Waals surface area contributed by atoms with Gasteiger partial charge in [0, 0.05) is 6.54 Å². The standard InChI is InChI=1S/C12H19N3O3/c1-8-9(2)18-11(14-8)6-13-12(17)15-5-3-4-10(15)7-16/h10,16H,3-7H2,1-2H3,(H,13,17). The molecule has 2 N–H and O–H groups in total. The van der Waals surface area contributed by atoms with Gasteiger partial charge in [-0.15, -0.1) is 0 Å². The predicted octanol–water partition coefficient (Wildman–Crippen LogP) is 0.958. The van der Waals surface area contributed by atoms with Crippen molar-refractivity contribution in [1.82, 2.24) is 15.2 Å². The molecule has 2 heterocycles. The van der Waals surface area contributed by atoms with E-state index in [4.69, 9.17) is 9.52 Å². The van der Waals surface area contributed by atoms with Crippen LogP contribution in [-0.4, -0.2) is 40.2 Å². The number of hydrogen-bond acceptors (Lipinski definition) is 4. The zero-order valence-electron chi connectivity index (χ0n) is 10.8. The second kappa shape index (κ2) is 5.39. The molecule has 0 saturated carbocycles. The van der Waals surface area contributed by atoms with Crippen molar-refractivity contribution in [2.24, 2.45) is 0 Å². The molecule has 0 aliphatic carbocycles. The van der Waals surface area contributed by atoms with Crippen molar-refractivity contribution in [2.45, 2.75) is 39.3 Å². The van der Waals surface area contributed by atoms with Gasteiger partial charge in [-0.3, -0.25) is 0 Å². The lowest BCUT2D eigenvalue weighted by atomic mass is 10.2. The van der Waals surface area contributed by atoms with Crippen molar-refractivity contribution < 1.29 is 14.3 Å². The average molecular weight is 253 g/mol. The number of aryl methyl sites for hydroxylation is 2. The zero-order valence-corrected chi connectivity index (χ0v) is 10.8. The number of nitrogens with one attached hydrogen (secondary N) is 1. The van der Waals surface area contributed by atoms with Crippen molar-refractivity contribution in [1.29, 1.82) is 0 Å². The third-order valence-corrected chi connectivity index (χ3v) is 3.31. The molecule has 1 saturated heterocycles. The number of carbonyl (C=O) groups excluding carboxylic acids is 1. The summed E-state index contributed by atoms with van der Waals surface area (Å²) in [6.07, 6.45) is 1.80. The van der Waals surface area contributed by atoms with E-state index in [1.807, 2.05) is 13.8 Å². The molecule has 0 bridgehead atoms. The van der Waals surface area contributed by atoms with Gasteiger partial charge in [-0.05, 0) is 26.7 Å². The molecule has 1 aliphatic heterocycles. The molecule has 2 amide bonds. The maximum Gasteiger partial charge on any atom is 0.318 e. The number of hydrogen-bond donors (Lipinski definition) is 2. The van der Waals surface area contributed by atoms with E-state index in [2.05, 4.69) is 10.3 Å². The zero-order chi connectivity index (χ0) is 13.1. The third-order valence-electron chi connectivity index (χ3n) is 3.31. The largest absolute Gasteiger partial charge is 0.444 e. The first-order valence-electron chi connectivity index (χ1n) is 6.20.